The highest BCUT2D eigenvalue weighted by atomic mass is 127. The molecular formula is C9H8I3N2O. The largest absolute Gasteiger partial charge is 0.386 e. The van der Waals surface area contributed by atoms with Crippen LogP contribution in [0.4, 0.5) is 11.4 Å². The molecule has 0 bridgehead atoms. The van der Waals surface area contributed by atoms with Crippen molar-refractivity contribution in [3.05, 3.63) is 16.3 Å². The molecule has 0 heterocycles. The fourth-order valence-electron chi connectivity index (χ4n) is 1.19. The normalized spacial score (nSPS) is 9.93. The molecule has 0 spiro atoms. The van der Waals surface area contributed by atoms with Crippen LogP contribution in [0.25, 0.3) is 0 Å². The van der Waals surface area contributed by atoms with Crippen LogP contribution in [0, 0.1) is 10.7 Å². The zero-order valence-electron chi connectivity index (χ0n) is 8.04. The molecule has 2 N–H and O–H groups in total. The zero-order valence-corrected chi connectivity index (χ0v) is 14.5. The van der Waals surface area contributed by atoms with Crippen molar-refractivity contribution in [2.75, 3.05) is 24.7 Å². The Morgan fingerprint density at radius 2 is 1.33 bits per heavy atom. The average Bonchev–Trinajstić information content (AvgIpc) is 2.19. The van der Waals surface area contributed by atoms with Crippen LogP contribution in [0.2, 0.25) is 0 Å². The smallest absolute Gasteiger partial charge is 0.235 e. The summed E-state index contributed by atoms with van der Waals surface area (Å²) in [4.78, 5) is 10.9. The third kappa shape index (κ3) is 2.51. The maximum absolute atomic E-state index is 10.9. The van der Waals surface area contributed by atoms with Gasteiger partial charge in [0.05, 0.1) is 20.5 Å². The maximum atomic E-state index is 10.9. The van der Waals surface area contributed by atoms with Crippen molar-refractivity contribution < 1.29 is 4.79 Å². The van der Waals surface area contributed by atoms with Gasteiger partial charge in [-0.05, 0) is 67.8 Å². The van der Waals surface area contributed by atoms with Gasteiger partial charge in [-0.15, -0.1) is 0 Å². The van der Waals surface area contributed by atoms with Gasteiger partial charge in [0, 0.05) is 21.2 Å². The molecule has 0 amide bonds. The number of anilines is 2. The summed E-state index contributed by atoms with van der Waals surface area (Å²) in [6.45, 7) is 0. The summed E-state index contributed by atoms with van der Waals surface area (Å²) in [5.74, 6) is 0. The predicted molar refractivity (Wildman–Crippen MR) is 88.5 cm³/mol. The van der Waals surface area contributed by atoms with Crippen LogP contribution < -0.4 is 10.6 Å². The van der Waals surface area contributed by atoms with Gasteiger partial charge in [-0.25, -0.2) is 0 Å². The Labute approximate surface area is 130 Å². The van der Waals surface area contributed by atoms with Gasteiger partial charge in [0.15, 0.2) is 0 Å². The fraction of sp³-hybridized carbons (Fsp3) is 0.222. The van der Waals surface area contributed by atoms with Gasteiger partial charge in [0.2, 0.25) is 6.29 Å². The lowest BCUT2D eigenvalue weighted by molar-refractivity contribution is 0.562. The van der Waals surface area contributed by atoms with E-state index < -0.39 is 0 Å². The van der Waals surface area contributed by atoms with Crippen LogP contribution in [0.5, 0.6) is 0 Å². The lowest BCUT2D eigenvalue weighted by Crippen LogP contribution is -2.07. The minimum Gasteiger partial charge on any atom is -0.386 e. The summed E-state index contributed by atoms with van der Waals surface area (Å²) in [7, 11) is 3.70. The SMILES string of the molecule is CNc1c(I)c([C]=O)c(I)c(NC)c1I. The Morgan fingerprint density at radius 3 is 1.60 bits per heavy atom. The van der Waals surface area contributed by atoms with Gasteiger partial charge in [-0.2, -0.15) is 0 Å². The molecule has 81 valence electrons. The van der Waals surface area contributed by atoms with E-state index in [9.17, 15) is 4.79 Å². The second-order valence-electron chi connectivity index (χ2n) is 2.67. The number of nitrogens with one attached hydrogen (secondary N) is 2. The Kier molecular flexibility index (Phi) is 5.36. The summed E-state index contributed by atoms with van der Waals surface area (Å²) < 4.78 is 2.92. The Morgan fingerprint density at radius 1 is 0.933 bits per heavy atom. The summed E-state index contributed by atoms with van der Waals surface area (Å²) in [5.41, 5.74) is 2.56. The van der Waals surface area contributed by atoms with Gasteiger partial charge in [-0.1, -0.05) is 0 Å². The quantitative estimate of drug-likeness (QED) is 0.579. The number of rotatable bonds is 3. The van der Waals surface area contributed by atoms with Crippen molar-refractivity contribution in [3.63, 3.8) is 0 Å². The molecule has 15 heavy (non-hydrogen) atoms. The fourth-order valence-corrected chi connectivity index (χ4v) is 5.66. The monoisotopic (exact) mass is 541 g/mol. The van der Waals surface area contributed by atoms with Crippen molar-refractivity contribution in [2.24, 2.45) is 0 Å². The Balaban J connectivity index is 3.64. The standard InChI is InChI=1S/C9H8I3N2O/c1-13-8-5(10)4(3-15)6(11)9(14-2)7(8)12/h13-14H,1-2H3. The second kappa shape index (κ2) is 5.84. The molecule has 0 aliphatic heterocycles. The summed E-state index contributed by atoms with van der Waals surface area (Å²) in [6, 6.07) is 0. The van der Waals surface area contributed by atoms with Gasteiger partial charge in [-0.3, -0.25) is 4.79 Å². The van der Waals surface area contributed by atoms with E-state index >= 15 is 0 Å². The van der Waals surface area contributed by atoms with Crippen LogP contribution >= 0.6 is 67.8 Å². The number of hydrogen-bond donors (Lipinski definition) is 2. The van der Waals surface area contributed by atoms with E-state index in [2.05, 4.69) is 78.4 Å². The first-order valence-corrected chi connectivity index (χ1v) is 7.26. The molecule has 1 radical (unpaired) electrons. The first-order chi connectivity index (χ1) is 7.08. The van der Waals surface area contributed by atoms with E-state index in [-0.39, 0.29) is 0 Å². The lowest BCUT2D eigenvalue weighted by atomic mass is 10.2. The molecule has 1 rings (SSSR count). The van der Waals surface area contributed by atoms with Crippen LogP contribution in [0.15, 0.2) is 0 Å². The highest BCUT2D eigenvalue weighted by Gasteiger charge is 2.18. The number of benzene rings is 1. The summed E-state index contributed by atoms with van der Waals surface area (Å²) >= 11 is 6.59. The van der Waals surface area contributed by atoms with Crippen molar-refractivity contribution >= 4 is 85.4 Å². The van der Waals surface area contributed by atoms with Crippen LogP contribution in [-0.4, -0.2) is 20.4 Å². The number of halogens is 3. The first kappa shape index (κ1) is 13.7. The molecule has 1 aromatic rings. The molecule has 3 nitrogen and oxygen atoms in total. The third-order valence-electron chi connectivity index (χ3n) is 1.92. The van der Waals surface area contributed by atoms with E-state index in [1.54, 1.807) is 0 Å². The molecule has 1 aromatic carbocycles. The number of carbonyl (C=O) groups excluding carboxylic acids is 1. The van der Waals surface area contributed by atoms with Crippen molar-refractivity contribution in [1.82, 2.24) is 0 Å². The van der Waals surface area contributed by atoms with Gasteiger partial charge in [0.25, 0.3) is 0 Å². The van der Waals surface area contributed by atoms with Crippen molar-refractivity contribution in [1.29, 1.82) is 0 Å². The number of hydrogen-bond acceptors (Lipinski definition) is 3. The molecule has 0 unspecified atom stereocenters. The second-order valence-corrected chi connectivity index (χ2v) is 5.91. The van der Waals surface area contributed by atoms with E-state index in [1.165, 1.54) is 0 Å². The molecule has 0 aliphatic rings. The lowest BCUT2D eigenvalue weighted by Gasteiger charge is -2.15. The third-order valence-corrected chi connectivity index (χ3v) is 5.16. The van der Waals surface area contributed by atoms with E-state index in [1.807, 2.05) is 20.4 Å². The van der Waals surface area contributed by atoms with Crippen LogP contribution in [0.1, 0.15) is 5.56 Å². The molecule has 0 aliphatic carbocycles. The highest BCUT2D eigenvalue weighted by molar-refractivity contribution is 14.1. The molecule has 0 atom stereocenters. The molecule has 0 saturated heterocycles. The summed E-state index contributed by atoms with van der Waals surface area (Å²) in [6.07, 6.45) is 1.99. The first-order valence-electron chi connectivity index (χ1n) is 4.02. The van der Waals surface area contributed by atoms with Gasteiger partial charge < -0.3 is 10.6 Å². The molecular weight excluding hydrogens is 533 g/mol. The van der Waals surface area contributed by atoms with E-state index in [4.69, 9.17) is 0 Å². The zero-order chi connectivity index (χ0) is 11.6. The molecule has 6 heteroatoms. The van der Waals surface area contributed by atoms with Gasteiger partial charge >= 0.3 is 0 Å². The molecule has 0 fully saturated rings. The topological polar surface area (TPSA) is 41.1 Å². The Hall–Kier alpha value is 0.680. The predicted octanol–water partition coefficient (Wildman–Crippen LogP) is 3.04. The minimum absolute atomic E-state index is 0.616. The molecule has 0 saturated carbocycles. The molecule has 0 aromatic heterocycles. The van der Waals surface area contributed by atoms with Crippen molar-refractivity contribution in [3.8, 4) is 0 Å². The summed E-state index contributed by atoms with van der Waals surface area (Å²) in [5, 5.41) is 6.21. The van der Waals surface area contributed by atoms with Crippen LogP contribution in [-0.2, 0) is 4.79 Å². The highest BCUT2D eigenvalue weighted by Crippen LogP contribution is 2.37. The van der Waals surface area contributed by atoms with Gasteiger partial charge in [0.1, 0.15) is 0 Å². The minimum atomic E-state index is 0.616. The van der Waals surface area contributed by atoms with Crippen LogP contribution in [0.3, 0.4) is 0 Å². The van der Waals surface area contributed by atoms with E-state index in [0.29, 0.717) is 5.56 Å². The Bertz CT molecular complexity index is 376. The average molecular weight is 541 g/mol. The maximum Gasteiger partial charge on any atom is 0.235 e. The van der Waals surface area contributed by atoms with Crippen molar-refractivity contribution in [2.45, 2.75) is 0 Å². The van der Waals surface area contributed by atoms with E-state index in [0.717, 1.165) is 22.1 Å².